The zero-order chi connectivity index (χ0) is 19.4. The van der Waals surface area contributed by atoms with Gasteiger partial charge in [-0.1, -0.05) is 12.1 Å². The number of furan rings is 1. The zero-order valence-electron chi connectivity index (χ0n) is 15.4. The number of rotatable bonds is 6. The summed E-state index contributed by atoms with van der Waals surface area (Å²) in [6.45, 7) is 1.70. The minimum Gasteiger partial charge on any atom is -0.496 e. The number of amides is 1. The van der Waals surface area contributed by atoms with Crippen molar-refractivity contribution in [3.05, 3.63) is 65.4 Å². The molecule has 0 saturated carbocycles. The molecule has 0 fully saturated rings. The highest BCUT2D eigenvalue weighted by Gasteiger charge is 2.16. The van der Waals surface area contributed by atoms with Gasteiger partial charge in [0, 0.05) is 5.69 Å². The van der Waals surface area contributed by atoms with Gasteiger partial charge in [0.25, 0.3) is 5.91 Å². The predicted octanol–water partition coefficient (Wildman–Crippen LogP) is 4.02. The average molecular weight is 367 g/mol. The Morgan fingerprint density at radius 3 is 2.59 bits per heavy atom. The summed E-state index contributed by atoms with van der Waals surface area (Å²) >= 11 is 0. The molecule has 1 heterocycles. The summed E-state index contributed by atoms with van der Waals surface area (Å²) in [6.07, 6.45) is 0. The number of aryl methyl sites for hydroxylation is 1. The van der Waals surface area contributed by atoms with E-state index in [2.05, 4.69) is 5.32 Å². The quantitative estimate of drug-likeness (QED) is 0.688. The van der Waals surface area contributed by atoms with Crippen LogP contribution in [-0.4, -0.2) is 25.2 Å². The third kappa shape index (κ3) is 3.80. The van der Waals surface area contributed by atoms with Crippen LogP contribution >= 0.6 is 0 Å². The van der Waals surface area contributed by atoms with Gasteiger partial charge in [0.05, 0.1) is 25.3 Å². The molecule has 0 aliphatic heterocycles. The summed E-state index contributed by atoms with van der Waals surface area (Å²) < 4.78 is 16.3. The van der Waals surface area contributed by atoms with E-state index < -0.39 is 0 Å². The van der Waals surface area contributed by atoms with E-state index in [9.17, 15) is 9.90 Å². The second-order valence-electron chi connectivity index (χ2n) is 5.95. The molecule has 1 amide bonds. The van der Waals surface area contributed by atoms with Crippen LogP contribution in [0.2, 0.25) is 0 Å². The second kappa shape index (κ2) is 7.97. The number of benzene rings is 2. The molecule has 0 radical (unpaired) electrons. The fourth-order valence-corrected chi connectivity index (χ4v) is 2.89. The molecule has 27 heavy (non-hydrogen) atoms. The number of aliphatic hydroxyl groups is 1. The van der Waals surface area contributed by atoms with E-state index >= 15 is 0 Å². The van der Waals surface area contributed by atoms with E-state index in [0.717, 1.165) is 5.56 Å². The van der Waals surface area contributed by atoms with Crippen molar-refractivity contribution in [1.29, 1.82) is 0 Å². The monoisotopic (exact) mass is 367 g/mol. The molecular weight excluding hydrogens is 346 g/mol. The van der Waals surface area contributed by atoms with E-state index in [1.807, 2.05) is 19.1 Å². The Morgan fingerprint density at radius 1 is 1.11 bits per heavy atom. The molecule has 0 aliphatic rings. The summed E-state index contributed by atoms with van der Waals surface area (Å²) in [4.78, 5) is 12.7. The summed E-state index contributed by atoms with van der Waals surface area (Å²) in [5.41, 5.74) is 2.59. The molecule has 1 aromatic heterocycles. The summed E-state index contributed by atoms with van der Waals surface area (Å²) in [5.74, 6) is 1.86. The first-order valence-corrected chi connectivity index (χ1v) is 8.40. The topological polar surface area (TPSA) is 80.9 Å². The third-order valence-corrected chi connectivity index (χ3v) is 4.20. The smallest absolute Gasteiger partial charge is 0.259 e. The lowest BCUT2D eigenvalue weighted by Gasteiger charge is -2.13. The van der Waals surface area contributed by atoms with Gasteiger partial charge in [-0.3, -0.25) is 4.79 Å². The number of carbonyl (C=O) groups excluding carboxylic acids is 1. The van der Waals surface area contributed by atoms with E-state index in [4.69, 9.17) is 13.9 Å². The molecule has 0 atom stereocenters. The van der Waals surface area contributed by atoms with Crippen LogP contribution in [0.1, 0.15) is 21.7 Å². The van der Waals surface area contributed by atoms with E-state index in [1.54, 1.807) is 50.6 Å². The van der Waals surface area contributed by atoms with Crippen LogP contribution in [0.5, 0.6) is 11.5 Å². The molecular formula is C21H21NO5. The summed E-state index contributed by atoms with van der Waals surface area (Å²) in [6, 6.07) is 14.1. The molecule has 6 heteroatoms. The molecule has 0 bridgehead atoms. The van der Waals surface area contributed by atoms with Crippen molar-refractivity contribution in [2.24, 2.45) is 0 Å². The fourth-order valence-electron chi connectivity index (χ4n) is 2.89. The molecule has 140 valence electrons. The molecule has 0 saturated heterocycles. The first kappa shape index (κ1) is 18.5. The molecule has 2 aromatic carbocycles. The molecule has 0 aliphatic carbocycles. The van der Waals surface area contributed by atoms with Gasteiger partial charge in [0.2, 0.25) is 0 Å². The Balaban J connectivity index is 1.93. The van der Waals surface area contributed by atoms with E-state index in [1.165, 1.54) is 0 Å². The number of para-hydroxylation sites is 1. The van der Waals surface area contributed by atoms with Crippen molar-refractivity contribution >= 4 is 11.6 Å². The van der Waals surface area contributed by atoms with Gasteiger partial charge in [0.1, 0.15) is 29.6 Å². The number of aliphatic hydroxyl groups excluding tert-OH is 1. The van der Waals surface area contributed by atoms with Crippen molar-refractivity contribution in [2.75, 3.05) is 19.5 Å². The van der Waals surface area contributed by atoms with E-state index in [0.29, 0.717) is 39.8 Å². The first-order valence-electron chi connectivity index (χ1n) is 8.40. The Bertz CT molecular complexity index is 961. The largest absolute Gasteiger partial charge is 0.496 e. The number of methoxy groups -OCH3 is 2. The van der Waals surface area contributed by atoms with Crippen molar-refractivity contribution < 1.29 is 23.8 Å². The van der Waals surface area contributed by atoms with Gasteiger partial charge in [-0.15, -0.1) is 0 Å². The predicted molar refractivity (Wildman–Crippen MR) is 102 cm³/mol. The van der Waals surface area contributed by atoms with Gasteiger partial charge in [0.15, 0.2) is 0 Å². The van der Waals surface area contributed by atoms with Gasteiger partial charge >= 0.3 is 0 Å². The summed E-state index contributed by atoms with van der Waals surface area (Å²) in [5, 5.41) is 12.1. The fraction of sp³-hybridized carbons (Fsp3) is 0.190. The normalized spacial score (nSPS) is 10.5. The van der Waals surface area contributed by atoms with Crippen molar-refractivity contribution in [1.82, 2.24) is 0 Å². The number of hydrogen-bond donors (Lipinski definition) is 2. The molecule has 2 N–H and O–H groups in total. The molecule has 0 spiro atoms. The average Bonchev–Trinajstić information content (AvgIpc) is 3.16. The minimum atomic E-state index is -0.276. The van der Waals surface area contributed by atoms with Gasteiger partial charge in [-0.25, -0.2) is 0 Å². The van der Waals surface area contributed by atoms with Gasteiger partial charge in [-0.2, -0.15) is 0 Å². The number of hydrogen-bond acceptors (Lipinski definition) is 5. The van der Waals surface area contributed by atoms with Crippen LogP contribution in [0.3, 0.4) is 0 Å². The van der Waals surface area contributed by atoms with Crippen LogP contribution in [0.25, 0.3) is 11.3 Å². The maximum absolute atomic E-state index is 12.7. The van der Waals surface area contributed by atoms with Crippen LogP contribution in [-0.2, 0) is 6.61 Å². The molecule has 6 nitrogen and oxygen atoms in total. The van der Waals surface area contributed by atoms with Crippen LogP contribution in [0.4, 0.5) is 5.69 Å². The Kier molecular flexibility index (Phi) is 5.47. The Labute approximate surface area is 157 Å². The molecule has 3 rings (SSSR count). The van der Waals surface area contributed by atoms with Crippen LogP contribution in [0, 0.1) is 6.92 Å². The second-order valence-corrected chi connectivity index (χ2v) is 5.95. The molecule has 0 unspecified atom stereocenters. The number of anilines is 1. The highest BCUT2D eigenvalue weighted by atomic mass is 16.5. The maximum atomic E-state index is 12.7. The first-order chi connectivity index (χ1) is 13.1. The lowest BCUT2D eigenvalue weighted by Crippen LogP contribution is -2.13. The lowest BCUT2D eigenvalue weighted by atomic mass is 10.1. The van der Waals surface area contributed by atoms with Crippen LogP contribution in [0.15, 0.2) is 52.9 Å². The van der Waals surface area contributed by atoms with Crippen LogP contribution < -0.4 is 14.8 Å². The SMILES string of the molecule is COc1ccc(NC(=O)c2cccc(C)c2OC)cc1-c1ccc(CO)o1. The highest BCUT2D eigenvalue weighted by Crippen LogP contribution is 2.34. The Morgan fingerprint density at radius 2 is 1.93 bits per heavy atom. The third-order valence-electron chi connectivity index (χ3n) is 4.20. The van der Waals surface area contributed by atoms with Crippen molar-refractivity contribution in [3.63, 3.8) is 0 Å². The maximum Gasteiger partial charge on any atom is 0.259 e. The van der Waals surface area contributed by atoms with Crippen molar-refractivity contribution in [2.45, 2.75) is 13.5 Å². The number of ether oxygens (including phenoxy) is 2. The zero-order valence-corrected chi connectivity index (χ0v) is 15.4. The lowest BCUT2D eigenvalue weighted by molar-refractivity contribution is 0.102. The Hall–Kier alpha value is -3.25. The van der Waals surface area contributed by atoms with E-state index in [-0.39, 0.29) is 12.5 Å². The highest BCUT2D eigenvalue weighted by molar-refractivity contribution is 6.06. The van der Waals surface area contributed by atoms with Gasteiger partial charge in [-0.05, 0) is 48.9 Å². The standard InChI is InChI=1S/C21H21NO5/c1-13-5-4-6-16(20(13)26-3)21(24)22-14-7-9-18(25-2)17(11-14)19-10-8-15(12-23)27-19/h4-11,23H,12H2,1-3H3,(H,22,24). The number of carbonyl (C=O) groups is 1. The van der Waals surface area contributed by atoms with Crippen molar-refractivity contribution in [3.8, 4) is 22.8 Å². The minimum absolute atomic E-state index is 0.189. The summed E-state index contributed by atoms with van der Waals surface area (Å²) in [7, 11) is 3.10. The van der Waals surface area contributed by atoms with Gasteiger partial charge < -0.3 is 24.3 Å². The number of nitrogens with one attached hydrogen (secondary N) is 1. The molecule has 3 aromatic rings.